The van der Waals surface area contributed by atoms with Gasteiger partial charge in [-0.3, -0.25) is 0 Å². The maximum absolute atomic E-state index is 9.18. The molecule has 0 bridgehead atoms. The number of benzene rings is 1. The summed E-state index contributed by atoms with van der Waals surface area (Å²) in [4.78, 5) is 0. The molecule has 0 aliphatic rings. The van der Waals surface area contributed by atoms with Gasteiger partial charge in [-0.25, -0.2) is 0 Å². The topological polar surface area (TPSA) is 47.9 Å². The fourth-order valence-electron chi connectivity index (χ4n) is 1.25. The Morgan fingerprint density at radius 2 is 1.94 bits per heavy atom. The largest absolute Gasteiger partial charge is 0.393 e. The molecule has 16 heavy (non-hydrogen) atoms. The Kier molecular flexibility index (Phi) is 6.76. The lowest BCUT2D eigenvalue weighted by atomic mass is 10.1. The molecule has 4 nitrogen and oxygen atoms in total. The van der Waals surface area contributed by atoms with Crippen LogP contribution in [0.1, 0.15) is 11.7 Å². The van der Waals surface area contributed by atoms with Crippen molar-refractivity contribution in [2.45, 2.75) is 6.10 Å². The zero-order chi connectivity index (χ0) is 11.6. The van der Waals surface area contributed by atoms with Crippen molar-refractivity contribution in [1.82, 2.24) is 0 Å². The van der Waals surface area contributed by atoms with E-state index in [9.17, 15) is 5.11 Å². The minimum absolute atomic E-state index is 0.0579. The molecule has 0 radical (unpaired) electrons. The van der Waals surface area contributed by atoms with E-state index in [1.165, 1.54) is 0 Å². The second-order valence-electron chi connectivity index (χ2n) is 3.27. The Balaban J connectivity index is 2.27. The Hall–Kier alpha value is -0.940. The third kappa shape index (κ3) is 4.72. The van der Waals surface area contributed by atoms with E-state index < -0.39 is 0 Å². The van der Waals surface area contributed by atoms with Crippen molar-refractivity contribution in [3.05, 3.63) is 35.9 Å². The number of aliphatic hydroxyl groups is 1. The predicted octanol–water partition coefficient (Wildman–Crippen LogP) is 1.36. The quantitative estimate of drug-likeness (QED) is 0.537. The molecule has 0 spiro atoms. The minimum atomic E-state index is -0.330. The number of rotatable bonds is 8. The molecule has 0 aliphatic heterocycles. The molecule has 0 fully saturated rings. The number of hydrogen-bond acceptors (Lipinski definition) is 4. The van der Waals surface area contributed by atoms with E-state index in [2.05, 4.69) is 0 Å². The molecule has 1 rings (SSSR count). The summed E-state index contributed by atoms with van der Waals surface area (Å²) in [6.07, 6.45) is -0.330. The second kappa shape index (κ2) is 8.24. The van der Waals surface area contributed by atoms with Crippen LogP contribution in [0.5, 0.6) is 0 Å². The van der Waals surface area contributed by atoms with Crippen LogP contribution < -0.4 is 0 Å². The van der Waals surface area contributed by atoms with Gasteiger partial charge < -0.3 is 19.3 Å². The number of aliphatic hydroxyl groups excluding tert-OH is 1. The summed E-state index contributed by atoms with van der Waals surface area (Å²) in [5.41, 5.74) is 0.945. The maximum atomic E-state index is 9.18. The van der Waals surface area contributed by atoms with E-state index in [1.807, 2.05) is 30.3 Å². The van der Waals surface area contributed by atoms with E-state index >= 15 is 0 Å². The number of hydrogen-bond donors (Lipinski definition) is 1. The van der Waals surface area contributed by atoms with Gasteiger partial charge in [0.05, 0.1) is 19.8 Å². The molecule has 0 heterocycles. The van der Waals surface area contributed by atoms with Gasteiger partial charge >= 0.3 is 0 Å². The molecule has 0 aromatic heterocycles. The smallest absolute Gasteiger partial charge is 0.147 e. The lowest BCUT2D eigenvalue weighted by Gasteiger charge is -2.15. The number of methoxy groups -OCH3 is 1. The lowest BCUT2D eigenvalue weighted by molar-refractivity contribution is -0.111. The normalized spacial score (nSPS) is 12.6. The summed E-state index contributed by atoms with van der Waals surface area (Å²) in [5.74, 6) is 0. The van der Waals surface area contributed by atoms with Crippen LogP contribution in [0.4, 0.5) is 0 Å². The third-order valence-corrected chi connectivity index (χ3v) is 2.12. The van der Waals surface area contributed by atoms with Crippen molar-refractivity contribution in [2.75, 3.05) is 33.7 Å². The van der Waals surface area contributed by atoms with Gasteiger partial charge in [0.2, 0.25) is 0 Å². The Bertz CT molecular complexity index is 263. The summed E-state index contributed by atoms with van der Waals surface area (Å²) in [7, 11) is 1.62. The summed E-state index contributed by atoms with van der Waals surface area (Å²) in [5, 5.41) is 9.18. The van der Waals surface area contributed by atoms with Crippen molar-refractivity contribution < 1.29 is 19.3 Å². The van der Waals surface area contributed by atoms with Crippen LogP contribution in [0.25, 0.3) is 0 Å². The molecule has 90 valence electrons. The maximum Gasteiger partial charge on any atom is 0.147 e. The first kappa shape index (κ1) is 13.1. The van der Waals surface area contributed by atoms with Gasteiger partial charge in [-0.05, 0) is 5.56 Å². The highest BCUT2D eigenvalue weighted by Gasteiger charge is 2.09. The molecule has 0 saturated heterocycles. The molecule has 1 N–H and O–H groups in total. The van der Waals surface area contributed by atoms with Crippen LogP contribution in [0, 0.1) is 0 Å². The zero-order valence-electron chi connectivity index (χ0n) is 9.46. The molecule has 0 saturated carbocycles. The van der Waals surface area contributed by atoms with Crippen molar-refractivity contribution in [3.8, 4) is 0 Å². The molecule has 4 heteroatoms. The van der Waals surface area contributed by atoms with Gasteiger partial charge in [-0.1, -0.05) is 30.3 Å². The first-order valence-electron chi connectivity index (χ1n) is 5.22. The Morgan fingerprint density at radius 1 is 1.19 bits per heavy atom. The van der Waals surface area contributed by atoms with Gasteiger partial charge in [0, 0.05) is 7.11 Å². The van der Waals surface area contributed by atoms with E-state index in [-0.39, 0.29) is 19.5 Å². The average Bonchev–Trinajstić information content (AvgIpc) is 2.35. The van der Waals surface area contributed by atoms with Crippen molar-refractivity contribution in [1.29, 1.82) is 0 Å². The lowest BCUT2D eigenvalue weighted by Crippen LogP contribution is -2.13. The van der Waals surface area contributed by atoms with E-state index in [1.54, 1.807) is 7.11 Å². The highest BCUT2D eigenvalue weighted by molar-refractivity contribution is 5.17. The second-order valence-corrected chi connectivity index (χ2v) is 3.27. The van der Waals surface area contributed by atoms with Gasteiger partial charge in [-0.15, -0.1) is 0 Å². The number of ether oxygens (including phenoxy) is 3. The van der Waals surface area contributed by atoms with Crippen LogP contribution in [0.2, 0.25) is 0 Å². The van der Waals surface area contributed by atoms with Crippen molar-refractivity contribution in [3.63, 3.8) is 0 Å². The van der Waals surface area contributed by atoms with E-state index in [4.69, 9.17) is 14.2 Å². The summed E-state index contributed by atoms with van der Waals surface area (Å²) >= 11 is 0. The fraction of sp³-hybridized carbons (Fsp3) is 0.500. The van der Waals surface area contributed by atoms with Crippen LogP contribution in [-0.2, 0) is 14.2 Å². The van der Waals surface area contributed by atoms with Gasteiger partial charge in [0.1, 0.15) is 12.9 Å². The molecule has 1 unspecified atom stereocenters. The van der Waals surface area contributed by atoms with Gasteiger partial charge in [-0.2, -0.15) is 0 Å². The highest BCUT2D eigenvalue weighted by Crippen LogP contribution is 2.15. The first-order valence-corrected chi connectivity index (χ1v) is 5.22. The van der Waals surface area contributed by atoms with Gasteiger partial charge in [0.25, 0.3) is 0 Å². The summed E-state index contributed by atoms with van der Waals surface area (Å²) in [6, 6.07) is 9.57. The van der Waals surface area contributed by atoms with E-state index in [0.717, 1.165) is 5.56 Å². The Labute approximate surface area is 95.8 Å². The van der Waals surface area contributed by atoms with E-state index in [0.29, 0.717) is 13.2 Å². The predicted molar refractivity (Wildman–Crippen MR) is 60.0 cm³/mol. The van der Waals surface area contributed by atoms with Crippen LogP contribution in [0.3, 0.4) is 0 Å². The Morgan fingerprint density at radius 3 is 2.56 bits per heavy atom. The molecule has 1 atom stereocenters. The monoisotopic (exact) mass is 226 g/mol. The first-order chi connectivity index (χ1) is 7.88. The summed E-state index contributed by atoms with van der Waals surface area (Å²) < 4.78 is 15.4. The SMILES string of the molecule is COCCOCOC(CO)c1ccccc1. The fourth-order valence-corrected chi connectivity index (χ4v) is 1.25. The molecular weight excluding hydrogens is 208 g/mol. The standard InChI is InChI=1S/C12H18O4/c1-14-7-8-15-10-16-12(9-13)11-5-3-2-4-6-11/h2-6,12-13H,7-10H2,1H3. The van der Waals surface area contributed by atoms with Crippen LogP contribution in [0.15, 0.2) is 30.3 Å². The molecular formula is C12H18O4. The minimum Gasteiger partial charge on any atom is -0.393 e. The highest BCUT2D eigenvalue weighted by atomic mass is 16.7. The van der Waals surface area contributed by atoms with Gasteiger partial charge in [0.15, 0.2) is 0 Å². The molecule has 0 aliphatic carbocycles. The molecule has 1 aromatic carbocycles. The molecule has 0 amide bonds. The van der Waals surface area contributed by atoms with Crippen LogP contribution in [-0.4, -0.2) is 38.8 Å². The third-order valence-electron chi connectivity index (χ3n) is 2.12. The average molecular weight is 226 g/mol. The zero-order valence-corrected chi connectivity index (χ0v) is 9.46. The van der Waals surface area contributed by atoms with Crippen molar-refractivity contribution in [2.24, 2.45) is 0 Å². The van der Waals surface area contributed by atoms with Crippen LogP contribution >= 0.6 is 0 Å². The molecule has 1 aromatic rings. The van der Waals surface area contributed by atoms with Crippen molar-refractivity contribution >= 4 is 0 Å². The summed E-state index contributed by atoms with van der Waals surface area (Å²) in [6.45, 7) is 1.13.